The Hall–Kier alpha value is -0.590. The van der Waals surface area contributed by atoms with Crippen molar-refractivity contribution in [2.24, 2.45) is 0 Å². The minimum absolute atomic E-state index is 0.136. The Labute approximate surface area is 68.0 Å². The highest BCUT2D eigenvalue weighted by atomic mass is 15.2. The van der Waals surface area contributed by atoms with Crippen LogP contribution in [0.4, 0.5) is 0 Å². The van der Waals surface area contributed by atoms with Crippen molar-refractivity contribution >= 4 is 0 Å². The lowest BCUT2D eigenvalue weighted by molar-refractivity contribution is 0.202. The number of hydrogen-bond donors (Lipinski definition) is 1. The molecule has 11 heavy (non-hydrogen) atoms. The van der Waals surface area contributed by atoms with Gasteiger partial charge in [0.2, 0.25) is 0 Å². The summed E-state index contributed by atoms with van der Waals surface area (Å²) in [5.74, 6) is 0. The lowest BCUT2D eigenvalue weighted by Crippen LogP contribution is -2.47. The quantitative estimate of drug-likeness (QED) is 0.615. The summed E-state index contributed by atoms with van der Waals surface area (Å²) in [5, 5.41) is 12.0. The van der Waals surface area contributed by atoms with Gasteiger partial charge in [0.05, 0.1) is 12.1 Å². The molecule has 1 saturated heterocycles. The molecule has 3 nitrogen and oxygen atoms in total. The first-order valence-corrected chi connectivity index (χ1v) is 4.23. The van der Waals surface area contributed by atoms with Crippen LogP contribution in [0.3, 0.4) is 0 Å². The van der Waals surface area contributed by atoms with Crippen LogP contribution >= 0.6 is 0 Å². The molecule has 1 rings (SSSR count). The van der Waals surface area contributed by atoms with E-state index in [1.165, 1.54) is 0 Å². The van der Waals surface area contributed by atoms with E-state index in [0.717, 1.165) is 32.6 Å². The third kappa shape index (κ3) is 2.18. The smallest absolute Gasteiger partial charge is 0.0976 e. The van der Waals surface area contributed by atoms with Gasteiger partial charge in [-0.1, -0.05) is 6.92 Å². The van der Waals surface area contributed by atoms with Crippen LogP contribution in [0.25, 0.3) is 0 Å². The van der Waals surface area contributed by atoms with Crippen LogP contribution in [-0.2, 0) is 0 Å². The van der Waals surface area contributed by atoms with Crippen molar-refractivity contribution in [3.8, 4) is 6.07 Å². The van der Waals surface area contributed by atoms with E-state index in [1.54, 1.807) is 0 Å². The Morgan fingerprint density at radius 2 is 2.18 bits per heavy atom. The summed E-state index contributed by atoms with van der Waals surface area (Å²) in [6, 6.07) is 2.46. The standard InChI is InChI=1S/C8H15N3/c1-2-8(7-9)11-5-3-10-4-6-11/h8,10H,2-6H2,1H3. The second kappa shape index (κ2) is 4.32. The highest BCUT2D eigenvalue weighted by Crippen LogP contribution is 2.03. The van der Waals surface area contributed by atoms with Crippen LogP contribution in [-0.4, -0.2) is 37.1 Å². The lowest BCUT2D eigenvalue weighted by Gasteiger charge is -2.30. The summed E-state index contributed by atoms with van der Waals surface area (Å²) >= 11 is 0. The van der Waals surface area contributed by atoms with Gasteiger partial charge in [0.15, 0.2) is 0 Å². The summed E-state index contributed by atoms with van der Waals surface area (Å²) in [4.78, 5) is 2.25. The maximum atomic E-state index is 8.77. The normalized spacial score (nSPS) is 22.5. The molecular weight excluding hydrogens is 138 g/mol. The fraction of sp³-hybridized carbons (Fsp3) is 0.875. The first kappa shape index (κ1) is 8.51. The Bertz CT molecular complexity index is 144. The third-order valence-corrected chi connectivity index (χ3v) is 2.13. The van der Waals surface area contributed by atoms with Gasteiger partial charge in [-0.25, -0.2) is 0 Å². The number of piperazine rings is 1. The van der Waals surface area contributed by atoms with Gasteiger partial charge in [0, 0.05) is 26.2 Å². The van der Waals surface area contributed by atoms with Gasteiger partial charge < -0.3 is 5.32 Å². The van der Waals surface area contributed by atoms with Crippen LogP contribution in [0.1, 0.15) is 13.3 Å². The third-order valence-electron chi connectivity index (χ3n) is 2.13. The summed E-state index contributed by atoms with van der Waals surface area (Å²) in [6.45, 7) is 6.16. The van der Waals surface area contributed by atoms with Crippen molar-refractivity contribution < 1.29 is 0 Å². The van der Waals surface area contributed by atoms with E-state index in [9.17, 15) is 0 Å². The van der Waals surface area contributed by atoms with E-state index in [4.69, 9.17) is 5.26 Å². The Morgan fingerprint density at radius 1 is 1.55 bits per heavy atom. The van der Waals surface area contributed by atoms with Crippen molar-refractivity contribution in [2.75, 3.05) is 26.2 Å². The largest absolute Gasteiger partial charge is 0.314 e. The van der Waals surface area contributed by atoms with E-state index < -0.39 is 0 Å². The zero-order chi connectivity index (χ0) is 8.10. The molecule has 0 radical (unpaired) electrons. The SMILES string of the molecule is CCC(C#N)N1CCNCC1. The molecule has 1 atom stereocenters. The maximum absolute atomic E-state index is 8.77. The fourth-order valence-corrected chi connectivity index (χ4v) is 1.42. The van der Waals surface area contributed by atoms with E-state index in [2.05, 4.69) is 23.2 Å². The van der Waals surface area contributed by atoms with E-state index in [-0.39, 0.29) is 6.04 Å². The predicted molar refractivity (Wildman–Crippen MR) is 44.1 cm³/mol. The monoisotopic (exact) mass is 153 g/mol. The molecule has 0 amide bonds. The highest BCUT2D eigenvalue weighted by Gasteiger charge is 2.17. The zero-order valence-corrected chi connectivity index (χ0v) is 7.01. The average Bonchev–Trinajstić information content (AvgIpc) is 2.09. The second-order valence-corrected chi connectivity index (χ2v) is 2.84. The molecule has 0 aromatic carbocycles. The van der Waals surface area contributed by atoms with E-state index in [1.807, 2.05) is 0 Å². The van der Waals surface area contributed by atoms with E-state index >= 15 is 0 Å². The van der Waals surface area contributed by atoms with Crippen molar-refractivity contribution in [3.05, 3.63) is 0 Å². The second-order valence-electron chi connectivity index (χ2n) is 2.84. The molecule has 1 unspecified atom stereocenters. The molecule has 62 valence electrons. The van der Waals surface area contributed by atoms with Crippen molar-refractivity contribution in [2.45, 2.75) is 19.4 Å². The number of rotatable bonds is 2. The van der Waals surface area contributed by atoms with Gasteiger partial charge in [-0.3, -0.25) is 4.90 Å². The predicted octanol–water partition coefficient (Wildman–Crippen LogP) is 0.194. The molecule has 0 spiro atoms. The van der Waals surface area contributed by atoms with Crippen molar-refractivity contribution in [1.29, 1.82) is 5.26 Å². The van der Waals surface area contributed by atoms with Crippen LogP contribution in [0, 0.1) is 11.3 Å². The van der Waals surface area contributed by atoms with Crippen molar-refractivity contribution in [3.63, 3.8) is 0 Å². The number of hydrogen-bond acceptors (Lipinski definition) is 3. The lowest BCUT2D eigenvalue weighted by atomic mass is 10.2. The summed E-state index contributed by atoms with van der Waals surface area (Å²) in [5.41, 5.74) is 0. The molecule has 0 saturated carbocycles. The molecule has 0 aromatic heterocycles. The highest BCUT2D eigenvalue weighted by molar-refractivity contribution is 4.92. The first-order chi connectivity index (χ1) is 5.38. The number of nitrogens with one attached hydrogen (secondary N) is 1. The van der Waals surface area contributed by atoms with Gasteiger partial charge in [0.1, 0.15) is 0 Å². The molecule has 0 bridgehead atoms. The minimum Gasteiger partial charge on any atom is -0.314 e. The van der Waals surface area contributed by atoms with Gasteiger partial charge >= 0.3 is 0 Å². The molecule has 1 fully saturated rings. The Kier molecular flexibility index (Phi) is 3.34. The fourth-order valence-electron chi connectivity index (χ4n) is 1.42. The number of nitrogens with zero attached hydrogens (tertiary/aromatic N) is 2. The maximum Gasteiger partial charge on any atom is 0.0976 e. The van der Waals surface area contributed by atoms with Crippen LogP contribution in [0.5, 0.6) is 0 Å². The van der Waals surface area contributed by atoms with Gasteiger partial charge in [0.25, 0.3) is 0 Å². The van der Waals surface area contributed by atoms with E-state index in [0.29, 0.717) is 0 Å². The van der Waals surface area contributed by atoms with Gasteiger partial charge in [-0.15, -0.1) is 0 Å². The topological polar surface area (TPSA) is 39.1 Å². The first-order valence-electron chi connectivity index (χ1n) is 4.23. The van der Waals surface area contributed by atoms with Gasteiger partial charge in [-0.05, 0) is 6.42 Å². The molecule has 1 heterocycles. The molecule has 1 N–H and O–H groups in total. The van der Waals surface area contributed by atoms with Crippen LogP contribution in [0.15, 0.2) is 0 Å². The minimum atomic E-state index is 0.136. The molecular formula is C8H15N3. The molecule has 1 aliphatic rings. The Balaban J connectivity index is 2.38. The molecule has 3 heteroatoms. The van der Waals surface area contributed by atoms with Crippen LogP contribution < -0.4 is 5.32 Å². The zero-order valence-electron chi connectivity index (χ0n) is 7.01. The molecule has 0 aliphatic carbocycles. The molecule has 1 aliphatic heterocycles. The number of nitriles is 1. The van der Waals surface area contributed by atoms with Gasteiger partial charge in [-0.2, -0.15) is 5.26 Å². The van der Waals surface area contributed by atoms with Crippen molar-refractivity contribution in [1.82, 2.24) is 10.2 Å². The summed E-state index contributed by atoms with van der Waals surface area (Å²) in [7, 11) is 0. The Morgan fingerprint density at radius 3 is 2.64 bits per heavy atom. The average molecular weight is 153 g/mol. The molecule has 0 aromatic rings. The summed E-state index contributed by atoms with van der Waals surface area (Å²) < 4.78 is 0. The summed E-state index contributed by atoms with van der Waals surface area (Å²) in [6.07, 6.45) is 0.941. The van der Waals surface area contributed by atoms with Crippen LogP contribution in [0.2, 0.25) is 0 Å².